The van der Waals surface area contributed by atoms with Crippen molar-refractivity contribution in [2.24, 2.45) is 5.92 Å². The van der Waals surface area contributed by atoms with Crippen LogP contribution >= 0.6 is 0 Å². The minimum Gasteiger partial charge on any atom is -0.481 e. The summed E-state index contributed by atoms with van der Waals surface area (Å²) in [6.45, 7) is 5.75. The van der Waals surface area contributed by atoms with Gasteiger partial charge in [0.1, 0.15) is 0 Å². The van der Waals surface area contributed by atoms with Gasteiger partial charge in [0.05, 0.1) is 23.9 Å². The van der Waals surface area contributed by atoms with Crippen LogP contribution < -0.4 is 0 Å². The lowest BCUT2D eigenvalue weighted by atomic mass is 10.1. The van der Waals surface area contributed by atoms with Crippen molar-refractivity contribution in [3.8, 4) is 0 Å². The van der Waals surface area contributed by atoms with Crippen molar-refractivity contribution in [2.45, 2.75) is 64.5 Å². The molecule has 6 heteroatoms. The second-order valence-corrected chi connectivity index (χ2v) is 7.19. The molecule has 1 aromatic heterocycles. The van der Waals surface area contributed by atoms with E-state index in [-0.39, 0.29) is 18.4 Å². The Labute approximate surface area is 136 Å². The van der Waals surface area contributed by atoms with Crippen LogP contribution in [0.3, 0.4) is 0 Å². The molecule has 1 amide bonds. The van der Waals surface area contributed by atoms with Crippen molar-refractivity contribution >= 4 is 11.9 Å². The van der Waals surface area contributed by atoms with E-state index in [1.807, 2.05) is 4.68 Å². The van der Waals surface area contributed by atoms with Crippen molar-refractivity contribution in [1.29, 1.82) is 0 Å². The van der Waals surface area contributed by atoms with Crippen molar-refractivity contribution in [1.82, 2.24) is 14.7 Å². The van der Waals surface area contributed by atoms with Gasteiger partial charge in [0.25, 0.3) is 5.91 Å². The molecule has 1 saturated heterocycles. The van der Waals surface area contributed by atoms with Gasteiger partial charge in [-0.1, -0.05) is 13.8 Å². The Bertz CT molecular complexity index is 604. The Kier molecular flexibility index (Phi) is 4.41. The third-order valence-electron chi connectivity index (χ3n) is 4.66. The highest BCUT2D eigenvalue weighted by atomic mass is 16.4. The predicted molar refractivity (Wildman–Crippen MR) is 85.4 cm³/mol. The second kappa shape index (κ2) is 6.34. The summed E-state index contributed by atoms with van der Waals surface area (Å²) in [5.74, 6) is 0.0379. The highest BCUT2D eigenvalue weighted by molar-refractivity contribution is 5.96. The maximum atomic E-state index is 13.0. The zero-order valence-electron chi connectivity index (χ0n) is 13.9. The first kappa shape index (κ1) is 16.0. The molecule has 0 spiro atoms. The average Bonchev–Trinajstić information content (AvgIpc) is 3.06. The number of amides is 1. The molecular formula is C17H25N3O3. The number of carbonyl (C=O) groups is 2. The average molecular weight is 319 g/mol. The second-order valence-electron chi connectivity index (χ2n) is 7.19. The number of carboxylic acids is 1. The third kappa shape index (κ3) is 3.41. The SMILES string of the molecule is CC(C)Cn1ncc(C(=O)N2CCCC2CC(=O)O)c1C1CC1. The van der Waals surface area contributed by atoms with E-state index in [1.54, 1.807) is 11.1 Å². The summed E-state index contributed by atoms with van der Waals surface area (Å²) in [5, 5.41) is 13.5. The lowest BCUT2D eigenvalue weighted by Crippen LogP contribution is -2.37. The molecule has 0 bridgehead atoms. The fourth-order valence-corrected chi connectivity index (χ4v) is 3.51. The van der Waals surface area contributed by atoms with Gasteiger partial charge in [-0.2, -0.15) is 5.10 Å². The van der Waals surface area contributed by atoms with Gasteiger partial charge in [-0.3, -0.25) is 14.3 Å². The van der Waals surface area contributed by atoms with Gasteiger partial charge >= 0.3 is 5.97 Å². The molecule has 1 aliphatic carbocycles. The van der Waals surface area contributed by atoms with Crippen LogP contribution in [-0.4, -0.2) is 44.3 Å². The molecule has 1 saturated carbocycles. The molecular weight excluding hydrogens is 294 g/mol. The maximum absolute atomic E-state index is 13.0. The smallest absolute Gasteiger partial charge is 0.305 e. The van der Waals surface area contributed by atoms with Crippen LogP contribution in [0, 0.1) is 5.92 Å². The lowest BCUT2D eigenvalue weighted by Gasteiger charge is -2.23. The molecule has 0 radical (unpaired) electrons. The summed E-state index contributed by atoms with van der Waals surface area (Å²) in [6.07, 6.45) is 5.60. The number of aliphatic carboxylic acids is 1. The van der Waals surface area contributed by atoms with Gasteiger partial charge in [0, 0.05) is 25.0 Å². The molecule has 3 rings (SSSR count). The monoisotopic (exact) mass is 319 g/mol. The summed E-state index contributed by atoms with van der Waals surface area (Å²) in [4.78, 5) is 25.7. The van der Waals surface area contributed by atoms with Crippen LogP contribution in [0.4, 0.5) is 0 Å². The Morgan fingerprint density at radius 3 is 2.70 bits per heavy atom. The molecule has 23 heavy (non-hydrogen) atoms. The summed E-state index contributed by atoms with van der Waals surface area (Å²) in [7, 11) is 0. The van der Waals surface area contributed by atoms with Crippen LogP contribution in [0.15, 0.2) is 6.20 Å². The maximum Gasteiger partial charge on any atom is 0.305 e. The molecule has 2 heterocycles. The molecule has 6 nitrogen and oxygen atoms in total. The third-order valence-corrected chi connectivity index (χ3v) is 4.66. The van der Waals surface area contributed by atoms with Crippen molar-refractivity contribution in [3.63, 3.8) is 0 Å². The minimum absolute atomic E-state index is 0.0324. The van der Waals surface area contributed by atoms with E-state index in [1.165, 1.54) is 0 Å². The van der Waals surface area contributed by atoms with Crippen LogP contribution in [0.25, 0.3) is 0 Å². The number of nitrogens with zero attached hydrogens (tertiary/aromatic N) is 3. The van der Waals surface area contributed by atoms with Gasteiger partial charge in [-0.05, 0) is 31.6 Å². The van der Waals surface area contributed by atoms with E-state index in [0.717, 1.165) is 37.9 Å². The zero-order valence-corrected chi connectivity index (χ0v) is 13.9. The highest BCUT2D eigenvalue weighted by Crippen LogP contribution is 2.42. The Morgan fingerprint density at radius 2 is 2.09 bits per heavy atom. The molecule has 1 aliphatic heterocycles. The van der Waals surface area contributed by atoms with E-state index in [9.17, 15) is 9.59 Å². The fraction of sp³-hybridized carbons (Fsp3) is 0.706. The number of aromatic nitrogens is 2. The summed E-state index contributed by atoms with van der Waals surface area (Å²) in [5.41, 5.74) is 1.75. The van der Waals surface area contributed by atoms with E-state index < -0.39 is 5.97 Å². The topological polar surface area (TPSA) is 75.4 Å². The first-order valence-electron chi connectivity index (χ1n) is 8.55. The Morgan fingerprint density at radius 1 is 1.35 bits per heavy atom. The van der Waals surface area contributed by atoms with Crippen LogP contribution in [0.2, 0.25) is 0 Å². The van der Waals surface area contributed by atoms with Crippen LogP contribution in [0.5, 0.6) is 0 Å². The number of hydrogen-bond donors (Lipinski definition) is 1. The number of carboxylic acid groups (broad SMARTS) is 1. The molecule has 1 N–H and O–H groups in total. The fourth-order valence-electron chi connectivity index (χ4n) is 3.51. The lowest BCUT2D eigenvalue weighted by molar-refractivity contribution is -0.137. The predicted octanol–water partition coefficient (Wildman–Crippen LogP) is 2.50. The number of likely N-dealkylation sites (tertiary alicyclic amines) is 1. The Balaban J connectivity index is 1.84. The molecule has 1 atom stereocenters. The quantitative estimate of drug-likeness (QED) is 0.874. The van der Waals surface area contributed by atoms with Crippen molar-refractivity contribution in [2.75, 3.05) is 6.54 Å². The normalized spacial score (nSPS) is 21.2. The number of carbonyl (C=O) groups excluding carboxylic acids is 1. The standard InChI is InChI=1S/C17H25N3O3/c1-11(2)10-20-16(12-5-6-12)14(9-18-20)17(23)19-7-3-4-13(19)8-15(21)22/h9,11-13H,3-8,10H2,1-2H3,(H,21,22). The van der Waals surface area contributed by atoms with Gasteiger partial charge in [-0.25, -0.2) is 0 Å². The highest BCUT2D eigenvalue weighted by Gasteiger charge is 2.37. The van der Waals surface area contributed by atoms with Gasteiger partial charge in [-0.15, -0.1) is 0 Å². The molecule has 126 valence electrons. The van der Waals surface area contributed by atoms with Crippen molar-refractivity contribution < 1.29 is 14.7 Å². The molecule has 2 aliphatic rings. The summed E-state index contributed by atoms with van der Waals surface area (Å²) in [6, 6.07) is -0.180. The molecule has 1 aromatic rings. The van der Waals surface area contributed by atoms with E-state index in [2.05, 4.69) is 18.9 Å². The minimum atomic E-state index is -0.840. The van der Waals surface area contributed by atoms with Crippen LogP contribution in [-0.2, 0) is 11.3 Å². The van der Waals surface area contributed by atoms with Crippen molar-refractivity contribution in [3.05, 3.63) is 17.5 Å². The van der Waals surface area contributed by atoms with Crippen LogP contribution in [0.1, 0.15) is 67.9 Å². The first-order valence-corrected chi connectivity index (χ1v) is 8.55. The number of rotatable bonds is 6. The van der Waals surface area contributed by atoms with Gasteiger partial charge in [0.15, 0.2) is 0 Å². The molecule has 2 fully saturated rings. The van der Waals surface area contributed by atoms with E-state index >= 15 is 0 Å². The number of hydrogen-bond acceptors (Lipinski definition) is 3. The van der Waals surface area contributed by atoms with E-state index in [0.29, 0.717) is 23.9 Å². The molecule has 0 aromatic carbocycles. The first-order chi connectivity index (χ1) is 11.0. The van der Waals surface area contributed by atoms with Gasteiger partial charge in [0.2, 0.25) is 0 Å². The Hall–Kier alpha value is -1.85. The molecule has 1 unspecified atom stereocenters. The van der Waals surface area contributed by atoms with Gasteiger partial charge < -0.3 is 10.0 Å². The van der Waals surface area contributed by atoms with E-state index in [4.69, 9.17) is 5.11 Å². The summed E-state index contributed by atoms with van der Waals surface area (Å²) < 4.78 is 1.98. The zero-order chi connectivity index (χ0) is 16.6. The largest absolute Gasteiger partial charge is 0.481 e. The summed E-state index contributed by atoms with van der Waals surface area (Å²) >= 11 is 0.